The van der Waals surface area contributed by atoms with E-state index in [-0.39, 0.29) is 9.92 Å². The van der Waals surface area contributed by atoms with Crippen LogP contribution in [0.2, 0.25) is 5.02 Å². The van der Waals surface area contributed by atoms with Gasteiger partial charge in [-0.3, -0.25) is 4.90 Å². The number of piperazine rings is 1. The van der Waals surface area contributed by atoms with Gasteiger partial charge in [0.15, 0.2) is 0 Å². The minimum atomic E-state index is -3.58. The number of sulfonamides is 1. The van der Waals surface area contributed by atoms with Crippen molar-refractivity contribution in [2.24, 2.45) is 0 Å². The number of hydrogen-bond acceptors (Lipinski definition) is 5. The average Bonchev–Trinajstić information content (AvgIpc) is 2.68. The van der Waals surface area contributed by atoms with Gasteiger partial charge in [0, 0.05) is 38.3 Å². The van der Waals surface area contributed by atoms with E-state index in [0.717, 1.165) is 17.1 Å². The molecule has 27 heavy (non-hydrogen) atoms. The highest BCUT2D eigenvalue weighted by Crippen LogP contribution is 2.27. The Hall–Kier alpha value is -1.80. The number of nitrogens with zero attached hydrogens (tertiary/aromatic N) is 2. The van der Waals surface area contributed by atoms with Gasteiger partial charge in [-0.15, -0.1) is 0 Å². The molecule has 3 rings (SSSR count). The van der Waals surface area contributed by atoms with Gasteiger partial charge >= 0.3 is 0 Å². The fourth-order valence-electron chi connectivity index (χ4n) is 3.17. The predicted octanol–water partition coefficient (Wildman–Crippen LogP) is 2.86. The van der Waals surface area contributed by atoms with Crippen LogP contribution in [0.1, 0.15) is 5.56 Å². The summed E-state index contributed by atoms with van der Waals surface area (Å²) in [6.45, 7) is 2.76. The first-order valence-electron chi connectivity index (χ1n) is 8.63. The number of hydrogen-bond donors (Lipinski definition) is 0. The summed E-state index contributed by atoms with van der Waals surface area (Å²) in [5.41, 5.74) is 1.01. The molecule has 0 aromatic heterocycles. The highest BCUT2D eigenvalue weighted by Gasteiger charge is 2.30. The zero-order chi connectivity index (χ0) is 19.4. The van der Waals surface area contributed by atoms with Gasteiger partial charge in [0.2, 0.25) is 10.0 Å². The van der Waals surface area contributed by atoms with Crippen molar-refractivity contribution in [3.63, 3.8) is 0 Å². The molecule has 0 aliphatic carbocycles. The Bertz CT molecular complexity index is 896. The SMILES string of the molecule is COc1ccc(OC)c(CN2CCN(S(=O)(=O)c3ccccc3Cl)CC2)c1. The van der Waals surface area contributed by atoms with Crippen LogP contribution in [-0.4, -0.2) is 58.0 Å². The second-order valence-corrected chi connectivity index (χ2v) is 8.60. The van der Waals surface area contributed by atoms with Crippen LogP contribution in [0.5, 0.6) is 11.5 Å². The van der Waals surface area contributed by atoms with E-state index < -0.39 is 10.0 Å². The Balaban J connectivity index is 1.68. The van der Waals surface area contributed by atoms with Crippen LogP contribution in [0.25, 0.3) is 0 Å². The molecule has 0 N–H and O–H groups in total. The fourth-order valence-corrected chi connectivity index (χ4v) is 5.08. The van der Waals surface area contributed by atoms with Crippen LogP contribution < -0.4 is 9.47 Å². The predicted molar refractivity (Wildman–Crippen MR) is 105 cm³/mol. The first kappa shape index (κ1) is 19.9. The Morgan fingerprint density at radius 1 is 1.00 bits per heavy atom. The van der Waals surface area contributed by atoms with Crippen LogP contribution >= 0.6 is 11.6 Å². The topological polar surface area (TPSA) is 59.1 Å². The molecule has 0 amide bonds. The molecule has 0 spiro atoms. The Morgan fingerprint density at radius 3 is 2.33 bits per heavy atom. The number of halogens is 1. The van der Waals surface area contributed by atoms with Gasteiger partial charge in [0.05, 0.1) is 19.2 Å². The monoisotopic (exact) mass is 410 g/mol. The van der Waals surface area contributed by atoms with E-state index in [1.807, 2.05) is 18.2 Å². The van der Waals surface area contributed by atoms with Gasteiger partial charge < -0.3 is 9.47 Å². The third-order valence-corrected chi connectivity index (χ3v) is 7.07. The minimum Gasteiger partial charge on any atom is -0.497 e. The zero-order valence-electron chi connectivity index (χ0n) is 15.4. The lowest BCUT2D eigenvalue weighted by Gasteiger charge is -2.34. The summed E-state index contributed by atoms with van der Waals surface area (Å²) in [6, 6.07) is 12.2. The molecule has 0 radical (unpaired) electrons. The molecule has 8 heteroatoms. The standard InChI is InChI=1S/C19H23ClN2O4S/c1-25-16-7-8-18(26-2)15(13-16)14-21-9-11-22(12-10-21)27(23,24)19-6-4-3-5-17(19)20/h3-8,13H,9-12,14H2,1-2H3. The van der Waals surface area contributed by atoms with E-state index in [0.29, 0.717) is 32.7 Å². The smallest absolute Gasteiger partial charge is 0.244 e. The number of rotatable bonds is 6. The van der Waals surface area contributed by atoms with Crippen LogP contribution in [0.3, 0.4) is 0 Å². The Kier molecular flexibility index (Phi) is 6.26. The van der Waals surface area contributed by atoms with E-state index >= 15 is 0 Å². The Labute approximate surface area is 165 Å². The van der Waals surface area contributed by atoms with Crippen LogP contribution in [0, 0.1) is 0 Å². The fraction of sp³-hybridized carbons (Fsp3) is 0.368. The van der Waals surface area contributed by atoms with Crippen molar-refractivity contribution in [2.45, 2.75) is 11.4 Å². The molecule has 1 saturated heterocycles. The highest BCUT2D eigenvalue weighted by atomic mass is 35.5. The molecule has 1 aliphatic rings. The molecule has 0 atom stereocenters. The van der Waals surface area contributed by atoms with Crippen molar-refractivity contribution < 1.29 is 17.9 Å². The van der Waals surface area contributed by atoms with Gasteiger partial charge in [-0.05, 0) is 30.3 Å². The maximum Gasteiger partial charge on any atom is 0.244 e. The summed E-state index contributed by atoms with van der Waals surface area (Å²) in [5, 5.41) is 0.251. The maximum absolute atomic E-state index is 12.8. The summed E-state index contributed by atoms with van der Waals surface area (Å²) in [4.78, 5) is 2.37. The minimum absolute atomic E-state index is 0.162. The molecule has 1 heterocycles. The number of ether oxygens (including phenoxy) is 2. The third-order valence-electron chi connectivity index (χ3n) is 4.67. The average molecular weight is 411 g/mol. The summed E-state index contributed by atoms with van der Waals surface area (Å²) < 4.78 is 37.9. The lowest BCUT2D eigenvalue weighted by molar-refractivity contribution is 0.180. The third kappa shape index (κ3) is 4.38. The van der Waals surface area contributed by atoms with Crippen LogP contribution in [0.15, 0.2) is 47.4 Å². The molecule has 1 aliphatic heterocycles. The second-order valence-electron chi connectivity index (χ2n) is 6.29. The quantitative estimate of drug-likeness (QED) is 0.732. The normalized spacial score (nSPS) is 16.3. The molecule has 1 fully saturated rings. The van der Waals surface area contributed by atoms with Gasteiger partial charge in [-0.25, -0.2) is 8.42 Å². The van der Waals surface area contributed by atoms with Crippen molar-refractivity contribution in [2.75, 3.05) is 40.4 Å². The van der Waals surface area contributed by atoms with Gasteiger partial charge in [0.25, 0.3) is 0 Å². The molecular formula is C19H23ClN2O4S. The molecular weight excluding hydrogens is 388 g/mol. The van der Waals surface area contributed by atoms with Crippen molar-refractivity contribution in [3.8, 4) is 11.5 Å². The molecule has 2 aromatic rings. The molecule has 146 valence electrons. The second kappa shape index (κ2) is 8.48. The van der Waals surface area contributed by atoms with Gasteiger partial charge in [-0.2, -0.15) is 4.31 Å². The lowest BCUT2D eigenvalue weighted by Crippen LogP contribution is -2.48. The van der Waals surface area contributed by atoms with E-state index in [1.165, 1.54) is 4.31 Å². The summed E-state index contributed by atoms with van der Waals surface area (Å²) in [7, 11) is -0.315. The van der Waals surface area contributed by atoms with E-state index in [9.17, 15) is 8.42 Å². The van der Waals surface area contributed by atoms with Crippen molar-refractivity contribution in [1.29, 1.82) is 0 Å². The first-order valence-corrected chi connectivity index (χ1v) is 10.5. The maximum atomic E-state index is 12.8. The summed E-state index contributed by atoms with van der Waals surface area (Å²) >= 11 is 6.08. The van der Waals surface area contributed by atoms with Crippen LogP contribution in [-0.2, 0) is 16.6 Å². The van der Waals surface area contributed by atoms with Gasteiger partial charge in [0.1, 0.15) is 16.4 Å². The van der Waals surface area contributed by atoms with E-state index in [4.69, 9.17) is 21.1 Å². The Morgan fingerprint density at radius 2 is 1.70 bits per heavy atom. The van der Waals surface area contributed by atoms with E-state index in [1.54, 1.807) is 38.5 Å². The number of benzene rings is 2. The lowest BCUT2D eigenvalue weighted by atomic mass is 10.1. The molecule has 6 nitrogen and oxygen atoms in total. The van der Waals surface area contributed by atoms with Crippen molar-refractivity contribution >= 4 is 21.6 Å². The molecule has 0 bridgehead atoms. The first-order chi connectivity index (χ1) is 13.0. The highest BCUT2D eigenvalue weighted by molar-refractivity contribution is 7.89. The van der Waals surface area contributed by atoms with Crippen molar-refractivity contribution in [3.05, 3.63) is 53.1 Å². The summed E-state index contributed by atoms with van der Waals surface area (Å²) in [5.74, 6) is 1.56. The van der Waals surface area contributed by atoms with E-state index in [2.05, 4.69) is 4.90 Å². The zero-order valence-corrected chi connectivity index (χ0v) is 17.0. The number of methoxy groups -OCH3 is 2. The van der Waals surface area contributed by atoms with Gasteiger partial charge in [-0.1, -0.05) is 23.7 Å². The summed E-state index contributed by atoms with van der Waals surface area (Å²) in [6.07, 6.45) is 0. The largest absolute Gasteiger partial charge is 0.497 e. The molecule has 0 saturated carbocycles. The van der Waals surface area contributed by atoms with Crippen LogP contribution in [0.4, 0.5) is 0 Å². The van der Waals surface area contributed by atoms with Crippen molar-refractivity contribution in [1.82, 2.24) is 9.21 Å². The molecule has 2 aromatic carbocycles. The molecule has 0 unspecified atom stereocenters.